The van der Waals surface area contributed by atoms with Gasteiger partial charge in [-0.25, -0.2) is 0 Å². The van der Waals surface area contributed by atoms with Gasteiger partial charge in [-0.05, 0) is 97.1 Å². The Kier molecular flexibility index (Phi) is 7.82. The first-order valence-corrected chi connectivity index (χ1v) is 24.4. The molecule has 5 aromatic heterocycles. The van der Waals surface area contributed by atoms with E-state index in [1.807, 2.05) is 0 Å². The second-order valence-electron chi connectivity index (χ2n) is 18.9. The Morgan fingerprint density at radius 3 is 0.915 bits per heavy atom. The normalized spacial score (nSPS) is 12.2. The average Bonchev–Trinajstić information content (AvgIpc) is 4.22. The molecular formula is C66H41N5. The van der Waals surface area contributed by atoms with Gasteiger partial charge in [0, 0.05) is 70.9 Å². The second-order valence-corrected chi connectivity index (χ2v) is 18.9. The lowest BCUT2D eigenvalue weighted by Crippen LogP contribution is -2.03. The molecule has 0 aliphatic rings. The predicted octanol–water partition coefficient (Wildman–Crippen LogP) is 17.2. The van der Waals surface area contributed by atoms with Crippen LogP contribution in [0.3, 0.4) is 0 Å². The molecule has 71 heavy (non-hydrogen) atoms. The summed E-state index contributed by atoms with van der Waals surface area (Å²) in [5.74, 6) is 0. The number of para-hydroxylation sites is 9. The van der Waals surface area contributed by atoms with Gasteiger partial charge in [-0.15, -0.1) is 0 Å². The number of hydrogen-bond donors (Lipinski definition) is 0. The van der Waals surface area contributed by atoms with Crippen LogP contribution in [0.5, 0.6) is 0 Å². The second kappa shape index (κ2) is 14.5. The molecule has 0 bridgehead atoms. The summed E-state index contributed by atoms with van der Waals surface area (Å²) in [6, 6.07) is 91.6. The van der Waals surface area contributed by atoms with Crippen LogP contribution in [0.25, 0.3) is 137 Å². The Bertz CT molecular complexity index is 4850. The van der Waals surface area contributed by atoms with E-state index in [9.17, 15) is 0 Å². The first-order chi connectivity index (χ1) is 35.3. The van der Waals surface area contributed by atoms with Gasteiger partial charge in [0.25, 0.3) is 0 Å². The minimum atomic E-state index is 1.13. The molecule has 0 unspecified atom stereocenters. The Balaban J connectivity index is 1.06. The molecule has 330 valence electrons. The largest absolute Gasteiger partial charge is 0.309 e. The molecule has 0 spiro atoms. The van der Waals surface area contributed by atoms with E-state index < -0.39 is 0 Å². The van der Waals surface area contributed by atoms with E-state index in [4.69, 9.17) is 0 Å². The van der Waals surface area contributed by atoms with E-state index in [-0.39, 0.29) is 0 Å². The molecule has 16 rings (SSSR count). The number of hydrogen-bond acceptors (Lipinski definition) is 0. The van der Waals surface area contributed by atoms with Crippen LogP contribution >= 0.6 is 0 Å². The van der Waals surface area contributed by atoms with Crippen LogP contribution in [0.2, 0.25) is 0 Å². The van der Waals surface area contributed by atoms with E-state index >= 15 is 0 Å². The lowest BCUT2D eigenvalue weighted by Gasteiger charge is -2.17. The summed E-state index contributed by atoms with van der Waals surface area (Å²) in [6.07, 6.45) is 0. The van der Waals surface area contributed by atoms with Gasteiger partial charge in [-0.1, -0.05) is 152 Å². The smallest absolute Gasteiger partial charge is 0.0783 e. The zero-order valence-corrected chi connectivity index (χ0v) is 38.4. The van der Waals surface area contributed by atoms with Crippen molar-refractivity contribution in [3.8, 4) is 28.4 Å². The highest BCUT2D eigenvalue weighted by atomic mass is 15.1. The SMILES string of the molecule is c1ccc(-n2c3ccccc3c3cc4c(cc32)c2cc3c(cc2n4-c2ccccc2)c2ccccc2n3-c2cccc3c4ccccc4n(-c4cccc5c6ccccc6n(-c6ccccc6)c45)c23)cc1. The molecule has 16 aromatic rings. The fourth-order valence-electron chi connectivity index (χ4n) is 12.4. The van der Waals surface area contributed by atoms with E-state index in [1.54, 1.807) is 0 Å². The fraction of sp³-hybridized carbons (Fsp3) is 0. The Hall–Kier alpha value is -9.58. The quantitative estimate of drug-likeness (QED) is 0.164. The van der Waals surface area contributed by atoms with Crippen LogP contribution < -0.4 is 0 Å². The van der Waals surface area contributed by atoms with Crippen LogP contribution in [-0.4, -0.2) is 22.8 Å². The maximum atomic E-state index is 2.54. The Morgan fingerprint density at radius 2 is 0.451 bits per heavy atom. The van der Waals surface area contributed by atoms with Gasteiger partial charge in [0.15, 0.2) is 0 Å². The molecule has 0 fully saturated rings. The number of rotatable bonds is 5. The third-order valence-corrected chi connectivity index (χ3v) is 15.2. The molecule has 0 saturated heterocycles. The van der Waals surface area contributed by atoms with Crippen molar-refractivity contribution >= 4 is 109 Å². The lowest BCUT2D eigenvalue weighted by molar-refractivity contribution is 1.11. The summed E-state index contributed by atoms with van der Waals surface area (Å²) < 4.78 is 12.5. The third kappa shape index (κ3) is 5.24. The standard InChI is InChI=1S/C66H41N5/c1-4-20-42(21-5-1)67-55-32-14-12-28-47(55)51-38-62-53(40-61(51)67)54-41-64-52(39-63(54)68(62)43-22-6-2-7-23-43)48-29-13-16-34-57(48)70(64)59-36-18-31-50-46-27-11-17-35-58(46)71(66(50)59)60-37-19-30-49-45-26-10-15-33-56(45)69(65(49)60)44-24-8-3-9-25-44/h1-41H. The highest BCUT2D eigenvalue weighted by Crippen LogP contribution is 2.46. The monoisotopic (exact) mass is 903 g/mol. The summed E-state index contributed by atoms with van der Waals surface area (Å²) >= 11 is 0. The molecule has 5 heterocycles. The maximum Gasteiger partial charge on any atom is 0.0783 e. The van der Waals surface area contributed by atoms with E-state index in [0.29, 0.717) is 0 Å². The number of benzene rings is 11. The van der Waals surface area contributed by atoms with Gasteiger partial charge in [-0.3, -0.25) is 0 Å². The topological polar surface area (TPSA) is 24.6 Å². The molecule has 5 heteroatoms. The van der Waals surface area contributed by atoms with Gasteiger partial charge in [0.2, 0.25) is 0 Å². The van der Waals surface area contributed by atoms with E-state index in [2.05, 4.69) is 272 Å². The van der Waals surface area contributed by atoms with Crippen molar-refractivity contribution in [3.63, 3.8) is 0 Å². The highest BCUT2D eigenvalue weighted by molar-refractivity contribution is 6.24. The molecule has 11 aromatic carbocycles. The zero-order valence-electron chi connectivity index (χ0n) is 38.4. The molecule has 0 aliphatic carbocycles. The third-order valence-electron chi connectivity index (χ3n) is 15.2. The summed E-state index contributed by atoms with van der Waals surface area (Å²) in [4.78, 5) is 0. The summed E-state index contributed by atoms with van der Waals surface area (Å²) in [5.41, 5.74) is 17.4. The van der Waals surface area contributed by atoms with Gasteiger partial charge in [-0.2, -0.15) is 0 Å². The summed E-state index contributed by atoms with van der Waals surface area (Å²) in [7, 11) is 0. The fourth-order valence-corrected chi connectivity index (χ4v) is 12.4. The highest BCUT2D eigenvalue weighted by Gasteiger charge is 2.25. The molecule has 0 amide bonds. The molecular weight excluding hydrogens is 863 g/mol. The van der Waals surface area contributed by atoms with Crippen LogP contribution in [0, 0.1) is 0 Å². The van der Waals surface area contributed by atoms with Crippen molar-refractivity contribution in [1.82, 2.24) is 22.8 Å². The maximum absolute atomic E-state index is 2.54. The zero-order chi connectivity index (χ0) is 46.3. The first kappa shape index (κ1) is 38.4. The molecule has 0 radical (unpaired) electrons. The number of nitrogens with zero attached hydrogens (tertiary/aromatic N) is 5. The molecule has 5 nitrogen and oxygen atoms in total. The molecule has 0 saturated carbocycles. The van der Waals surface area contributed by atoms with Crippen molar-refractivity contribution in [3.05, 3.63) is 249 Å². The summed E-state index contributed by atoms with van der Waals surface area (Å²) in [6.45, 7) is 0. The van der Waals surface area contributed by atoms with E-state index in [0.717, 1.165) is 39.5 Å². The van der Waals surface area contributed by atoms with Crippen molar-refractivity contribution in [2.75, 3.05) is 0 Å². The Morgan fingerprint density at radius 1 is 0.169 bits per heavy atom. The van der Waals surface area contributed by atoms with Gasteiger partial charge in [0.05, 0.1) is 66.5 Å². The summed E-state index contributed by atoms with van der Waals surface area (Å²) in [5, 5.41) is 12.2. The lowest BCUT2D eigenvalue weighted by atomic mass is 10.1. The number of aromatic nitrogens is 5. The average molecular weight is 904 g/mol. The molecule has 0 atom stereocenters. The predicted molar refractivity (Wildman–Crippen MR) is 298 cm³/mol. The molecule has 0 aliphatic heterocycles. The first-order valence-electron chi connectivity index (χ1n) is 24.4. The van der Waals surface area contributed by atoms with Crippen molar-refractivity contribution in [1.29, 1.82) is 0 Å². The van der Waals surface area contributed by atoms with Crippen molar-refractivity contribution in [2.24, 2.45) is 0 Å². The molecule has 0 N–H and O–H groups in total. The van der Waals surface area contributed by atoms with Crippen LogP contribution in [0.4, 0.5) is 0 Å². The van der Waals surface area contributed by atoms with Crippen molar-refractivity contribution < 1.29 is 0 Å². The van der Waals surface area contributed by atoms with E-state index in [1.165, 1.54) is 98.0 Å². The minimum absolute atomic E-state index is 1.13. The Labute approximate surface area is 407 Å². The van der Waals surface area contributed by atoms with Gasteiger partial charge in [0.1, 0.15) is 0 Å². The van der Waals surface area contributed by atoms with Gasteiger partial charge >= 0.3 is 0 Å². The minimum Gasteiger partial charge on any atom is -0.309 e. The van der Waals surface area contributed by atoms with Crippen LogP contribution in [0.15, 0.2) is 249 Å². The van der Waals surface area contributed by atoms with Crippen LogP contribution in [0.1, 0.15) is 0 Å². The van der Waals surface area contributed by atoms with Crippen LogP contribution in [-0.2, 0) is 0 Å². The number of fused-ring (bicyclic) bond motifs is 15. The van der Waals surface area contributed by atoms with Gasteiger partial charge < -0.3 is 22.8 Å². The van der Waals surface area contributed by atoms with Crippen molar-refractivity contribution in [2.45, 2.75) is 0 Å².